The highest BCUT2D eigenvalue weighted by molar-refractivity contribution is 7.98. The molecule has 0 saturated heterocycles. The Bertz CT molecular complexity index is 891. The summed E-state index contributed by atoms with van der Waals surface area (Å²) in [6.07, 6.45) is 8.50. The summed E-state index contributed by atoms with van der Waals surface area (Å²) in [7, 11) is 0. The molecular formula is C17H16N4O2S. The van der Waals surface area contributed by atoms with Crippen LogP contribution in [0.5, 0.6) is 0 Å². The summed E-state index contributed by atoms with van der Waals surface area (Å²) in [6.45, 7) is 0. The topological polar surface area (TPSA) is 87.7 Å². The molecule has 24 heavy (non-hydrogen) atoms. The van der Waals surface area contributed by atoms with Crippen LogP contribution in [-0.2, 0) is 4.79 Å². The smallest absolute Gasteiger partial charge is 0.257 e. The second-order valence-electron chi connectivity index (χ2n) is 5.86. The lowest BCUT2D eigenvalue weighted by molar-refractivity contribution is -0.122. The van der Waals surface area contributed by atoms with Crippen molar-refractivity contribution in [2.24, 2.45) is 5.92 Å². The van der Waals surface area contributed by atoms with Crippen LogP contribution in [0.15, 0.2) is 46.3 Å². The second-order valence-corrected chi connectivity index (χ2v) is 6.66. The molecule has 122 valence electrons. The Balaban J connectivity index is 1.98. The van der Waals surface area contributed by atoms with Crippen LogP contribution >= 0.6 is 11.8 Å². The number of Topliss-reactive ketones (excluding diaryl/α,β-unsaturated/α-hetero) is 1. The number of hydrogen-bond donors (Lipinski definition) is 2. The van der Waals surface area contributed by atoms with Crippen LogP contribution < -0.4 is 10.9 Å². The Morgan fingerprint density at radius 1 is 1.21 bits per heavy atom. The summed E-state index contributed by atoms with van der Waals surface area (Å²) < 4.78 is 0. The molecule has 2 aromatic rings. The van der Waals surface area contributed by atoms with E-state index in [1.165, 1.54) is 11.8 Å². The van der Waals surface area contributed by atoms with E-state index >= 15 is 0 Å². The summed E-state index contributed by atoms with van der Waals surface area (Å²) in [5, 5.41) is 3.78. The van der Waals surface area contributed by atoms with Gasteiger partial charge in [-0.15, -0.1) is 0 Å². The minimum absolute atomic E-state index is 0.154. The van der Waals surface area contributed by atoms with Gasteiger partial charge in [0.25, 0.3) is 5.56 Å². The number of allylic oxidation sites excluding steroid dienone is 2. The predicted molar refractivity (Wildman–Crippen MR) is 92.2 cm³/mol. The Kier molecular flexibility index (Phi) is 3.72. The SMILES string of the molecule is CSc1nc2c(c(=O)[nH]1)C(c1ccncc1)C1C(=O)CCC=C1N2. The van der Waals surface area contributed by atoms with Crippen LogP contribution in [0.3, 0.4) is 0 Å². The largest absolute Gasteiger partial charge is 0.343 e. The Labute approximate surface area is 142 Å². The van der Waals surface area contributed by atoms with Gasteiger partial charge in [0.15, 0.2) is 5.16 Å². The number of aromatic amines is 1. The molecule has 0 saturated carbocycles. The lowest BCUT2D eigenvalue weighted by Gasteiger charge is -2.36. The number of pyridine rings is 1. The maximum Gasteiger partial charge on any atom is 0.257 e. The van der Waals surface area contributed by atoms with Gasteiger partial charge < -0.3 is 10.3 Å². The Morgan fingerprint density at radius 3 is 2.75 bits per heavy atom. The first-order valence-electron chi connectivity index (χ1n) is 7.77. The number of aromatic nitrogens is 3. The molecule has 2 aliphatic rings. The third-order valence-corrected chi connectivity index (χ3v) is 5.12. The lowest BCUT2D eigenvalue weighted by Crippen LogP contribution is -2.38. The number of anilines is 1. The highest BCUT2D eigenvalue weighted by Gasteiger charge is 2.42. The van der Waals surface area contributed by atoms with E-state index in [9.17, 15) is 9.59 Å². The first kappa shape index (κ1) is 15.1. The van der Waals surface area contributed by atoms with Gasteiger partial charge in [-0.25, -0.2) is 4.98 Å². The number of carbonyl (C=O) groups excluding carboxylic acids is 1. The number of carbonyl (C=O) groups is 1. The van der Waals surface area contributed by atoms with Gasteiger partial charge in [0, 0.05) is 30.4 Å². The normalized spacial score (nSPS) is 22.2. The molecule has 0 aromatic carbocycles. The number of H-pyrrole nitrogens is 1. The summed E-state index contributed by atoms with van der Waals surface area (Å²) in [5.74, 6) is -0.00458. The molecule has 3 heterocycles. The molecule has 2 aromatic heterocycles. The van der Waals surface area contributed by atoms with Crippen molar-refractivity contribution in [2.75, 3.05) is 11.6 Å². The van der Waals surface area contributed by atoms with Crippen molar-refractivity contribution in [3.8, 4) is 0 Å². The molecule has 7 heteroatoms. The van der Waals surface area contributed by atoms with E-state index < -0.39 is 0 Å². The van der Waals surface area contributed by atoms with E-state index in [0.717, 1.165) is 11.3 Å². The van der Waals surface area contributed by atoms with Gasteiger partial charge in [-0.1, -0.05) is 17.8 Å². The van der Waals surface area contributed by atoms with Crippen molar-refractivity contribution >= 4 is 23.4 Å². The van der Waals surface area contributed by atoms with Gasteiger partial charge in [0.2, 0.25) is 0 Å². The minimum atomic E-state index is -0.364. The minimum Gasteiger partial charge on any atom is -0.343 e. The number of rotatable bonds is 2. The second kappa shape index (κ2) is 5.90. The van der Waals surface area contributed by atoms with Gasteiger partial charge in [0.1, 0.15) is 11.6 Å². The van der Waals surface area contributed by atoms with Gasteiger partial charge in [0.05, 0.1) is 11.5 Å². The van der Waals surface area contributed by atoms with E-state index in [-0.39, 0.29) is 23.2 Å². The van der Waals surface area contributed by atoms with Crippen LogP contribution in [0.1, 0.15) is 29.9 Å². The van der Waals surface area contributed by atoms with Gasteiger partial charge in [-0.05, 0) is 30.4 Å². The average molecular weight is 340 g/mol. The van der Waals surface area contributed by atoms with E-state index in [4.69, 9.17) is 0 Å². The third-order valence-electron chi connectivity index (χ3n) is 4.54. The standard InChI is InChI=1S/C17H16N4O2S/c1-24-17-20-15-14(16(23)21-17)12(9-5-7-18-8-6-9)13-10(19-15)3-2-4-11(13)22/h3,5-8,12-13H,2,4H2,1H3,(H2,19,20,21,23). The maximum atomic E-state index is 12.7. The summed E-state index contributed by atoms with van der Waals surface area (Å²) >= 11 is 1.38. The molecule has 1 aliphatic carbocycles. The van der Waals surface area contributed by atoms with Gasteiger partial charge in [-0.2, -0.15) is 0 Å². The molecule has 0 fully saturated rings. The van der Waals surface area contributed by atoms with Gasteiger partial charge in [-0.3, -0.25) is 14.6 Å². The van der Waals surface area contributed by atoms with Crippen LogP contribution in [0.25, 0.3) is 0 Å². The first-order valence-corrected chi connectivity index (χ1v) is 8.99. The number of nitrogens with one attached hydrogen (secondary N) is 2. The van der Waals surface area contributed by atoms with E-state index in [1.807, 2.05) is 24.5 Å². The molecule has 0 radical (unpaired) electrons. The first-order chi connectivity index (χ1) is 11.7. The molecule has 2 atom stereocenters. The number of ketones is 1. The van der Waals surface area contributed by atoms with Crippen molar-refractivity contribution in [3.63, 3.8) is 0 Å². The van der Waals surface area contributed by atoms with E-state index in [1.54, 1.807) is 12.4 Å². The number of fused-ring (bicyclic) bond motifs is 2. The molecule has 0 amide bonds. The zero-order valence-corrected chi connectivity index (χ0v) is 13.9. The monoisotopic (exact) mass is 340 g/mol. The fourth-order valence-electron chi connectivity index (χ4n) is 3.50. The van der Waals surface area contributed by atoms with Crippen LogP contribution in [0.4, 0.5) is 5.82 Å². The molecule has 6 nitrogen and oxygen atoms in total. The van der Waals surface area contributed by atoms with Crippen molar-refractivity contribution < 1.29 is 4.79 Å². The number of nitrogens with zero attached hydrogens (tertiary/aromatic N) is 2. The number of hydrogen-bond acceptors (Lipinski definition) is 6. The summed E-state index contributed by atoms with van der Waals surface area (Å²) in [6, 6.07) is 3.72. The zero-order chi connectivity index (χ0) is 16.7. The highest BCUT2D eigenvalue weighted by Crippen LogP contribution is 2.44. The molecule has 4 rings (SSSR count). The number of thioether (sulfide) groups is 1. The van der Waals surface area contributed by atoms with Crippen molar-refractivity contribution in [3.05, 3.63) is 57.8 Å². The van der Waals surface area contributed by atoms with Crippen LogP contribution in [-0.4, -0.2) is 27.0 Å². The Morgan fingerprint density at radius 2 is 2.00 bits per heavy atom. The lowest BCUT2D eigenvalue weighted by atomic mass is 9.72. The van der Waals surface area contributed by atoms with E-state index in [0.29, 0.717) is 29.4 Å². The summed E-state index contributed by atoms with van der Waals surface area (Å²) in [5.41, 5.74) is 2.08. The average Bonchev–Trinajstić information content (AvgIpc) is 2.60. The fourth-order valence-corrected chi connectivity index (χ4v) is 3.87. The third kappa shape index (κ3) is 2.36. The van der Waals surface area contributed by atoms with Crippen molar-refractivity contribution in [1.82, 2.24) is 15.0 Å². The Hall–Kier alpha value is -2.41. The quantitative estimate of drug-likeness (QED) is 0.644. The summed E-state index contributed by atoms with van der Waals surface area (Å²) in [4.78, 5) is 36.7. The maximum absolute atomic E-state index is 12.7. The van der Waals surface area contributed by atoms with Crippen LogP contribution in [0.2, 0.25) is 0 Å². The van der Waals surface area contributed by atoms with Crippen LogP contribution in [0, 0.1) is 5.92 Å². The molecule has 2 unspecified atom stereocenters. The molecule has 0 bridgehead atoms. The molecule has 0 spiro atoms. The molecular weight excluding hydrogens is 324 g/mol. The fraction of sp³-hybridized carbons (Fsp3) is 0.294. The van der Waals surface area contributed by atoms with Crippen molar-refractivity contribution in [1.29, 1.82) is 0 Å². The van der Waals surface area contributed by atoms with E-state index in [2.05, 4.69) is 20.3 Å². The zero-order valence-electron chi connectivity index (χ0n) is 13.1. The predicted octanol–water partition coefficient (Wildman–Crippen LogP) is 2.31. The molecule has 2 N–H and O–H groups in total. The van der Waals surface area contributed by atoms with Crippen molar-refractivity contribution in [2.45, 2.75) is 23.9 Å². The molecule has 1 aliphatic heterocycles. The van der Waals surface area contributed by atoms with Gasteiger partial charge >= 0.3 is 0 Å². The highest BCUT2D eigenvalue weighted by atomic mass is 32.2.